The minimum atomic E-state index is -0.571. The average Bonchev–Trinajstić information content (AvgIpc) is 2.53. The average molecular weight is 326 g/mol. The van der Waals surface area contributed by atoms with Gasteiger partial charge in [-0.05, 0) is 38.5 Å². The first-order chi connectivity index (χ1) is 11.0. The Bertz CT molecular complexity index is 751. The molecule has 0 spiro atoms. The maximum absolute atomic E-state index is 12.8. The summed E-state index contributed by atoms with van der Waals surface area (Å²) in [6.45, 7) is 5.57. The summed E-state index contributed by atoms with van der Waals surface area (Å²) in [5, 5.41) is 1.96. The van der Waals surface area contributed by atoms with Gasteiger partial charge in [0.15, 0.2) is 5.82 Å². The minimum Gasteiger partial charge on any atom is -0.443 e. The third-order valence-electron chi connectivity index (χ3n) is 3.15. The Morgan fingerprint density at radius 3 is 2.57 bits per heavy atom. The molecule has 0 fully saturated rings. The molecule has 2 heterocycles. The molecule has 1 aliphatic heterocycles. The Morgan fingerprint density at radius 1 is 1.13 bits per heavy atom. The molecule has 4 nitrogen and oxygen atoms in total. The van der Waals surface area contributed by atoms with E-state index in [0.717, 1.165) is 16.2 Å². The van der Waals surface area contributed by atoms with Crippen LogP contribution in [0.4, 0.5) is 10.6 Å². The van der Waals surface area contributed by atoms with Crippen molar-refractivity contribution in [2.75, 3.05) is 4.90 Å². The predicted octanol–water partition coefficient (Wildman–Crippen LogP) is 4.93. The molecule has 0 saturated heterocycles. The second-order valence-corrected chi connectivity index (χ2v) is 7.04. The van der Waals surface area contributed by atoms with Crippen LogP contribution in [0.1, 0.15) is 26.3 Å². The summed E-state index contributed by atoms with van der Waals surface area (Å²) in [5.41, 5.74) is 1.15. The summed E-state index contributed by atoms with van der Waals surface area (Å²) in [6, 6.07) is 13.6. The molecule has 0 radical (unpaired) electrons. The van der Waals surface area contributed by atoms with Gasteiger partial charge in [0.2, 0.25) is 0 Å². The van der Waals surface area contributed by atoms with Crippen LogP contribution in [0.15, 0.2) is 59.0 Å². The summed E-state index contributed by atoms with van der Waals surface area (Å²) in [4.78, 5) is 19.6. The Labute approximate surface area is 140 Å². The number of hydrogen-bond donors (Lipinski definition) is 0. The minimum absolute atomic E-state index is 0.423. The van der Waals surface area contributed by atoms with E-state index in [2.05, 4.69) is 4.98 Å². The van der Waals surface area contributed by atoms with Crippen molar-refractivity contribution in [2.45, 2.75) is 31.3 Å². The molecule has 0 unspecified atom stereocenters. The number of amides is 1. The van der Waals surface area contributed by atoms with E-state index >= 15 is 0 Å². The SMILES string of the molecule is CC(C)(C)OC(=O)N1C(c2ccccc2)=CSc2cccnc21. The molecule has 1 aromatic carbocycles. The number of nitrogens with zero attached hydrogens (tertiary/aromatic N) is 2. The lowest BCUT2D eigenvalue weighted by Gasteiger charge is -2.31. The van der Waals surface area contributed by atoms with E-state index in [-0.39, 0.29) is 0 Å². The van der Waals surface area contributed by atoms with Crippen molar-refractivity contribution in [1.29, 1.82) is 0 Å². The molecule has 0 saturated carbocycles. The van der Waals surface area contributed by atoms with Crippen LogP contribution in [-0.4, -0.2) is 16.7 Å². The predicted molar refractivity (Wildman–Crippen MR) is 93.2 cm³/mol. The van der Waals surface area contributed by atoms with Crippen LogP contribution in [0.25, 0.3) is 5.70 Å². The first kappa shape index (κ1) is 15.6. The smallest absolute Gasteiger partial charge is 0.420 e. The number of hydrogen-bond acceptors (Lipinski definition) is 4. The molecule has 23 heavy (non-hydrogen) atoms. The molecular formula is C18H18N2O2S. The van der Waals surface area contributed by atoms with Gasteiger partial charge < -0.3 is 4.74 Å². The molecule has 1 aromatic heterocycles. The maximum atomic E-state index is 12.8. The third-order valence-corrected chi connectivity index (χ3v) is 4.06. The van der Waals surface area contributed by atoms with Crippen molar-refractivity contribution in [2.24, 2.45) is 0 Å². The summed E-state index contributed by atoms with van der Waals surface area (Å²) < 4.78 is 5.58. The number of aromatic nitrogens is 1. The number of benzene rings is 1. The molecule has 0 bridgehead atoms. The van der Waals surface area contributed by atoms with Crippen molar-refractivity contribution in [1.82, 2.24) is 4.98 Å². The lowest BCUT2D eigenvalue weighted by atomic mass is 10.1. The molecule has 2 aromatic rings. The van der Waals surface area contributed by atoms with Crippen LogP contribution in [0.3, 0.4) is 0 Å². The first-order valence-electron chi connectivity index (χ1n) is 7.36. The largest absolute Gasteiger partial charge is 0.443 e. The normalized spacial score (nSPS) is 14.0. The quantitative estimate of drug-likeness (QED) is 0.745. The number of carbonyl (C=O) groups is 1. The van der Waals surface area contributed by atoms with Gasteiger partial charge in [-0.15, -0.1) is 0 Å². The molecular weight excluding hydrogens is 308 g/mol. The van der Waals surface area contributed by atoms with Crippen molar-refractivity contribution in [3.05, 3.63) is 59.6 Å². The molecule has 1 aliphatic rings. The summed E-state index contributed by atoms with van der Waals surface area (Å²) in [7, 11) is 0. The maximum Gasteiger partial charge on any atom is 0.420 e. The van der Waals surface area contributed by atoms with Crippen LogP contribution >= 0.6 is 11.8 Å². The fraction of sp³-hybridized carbons (Fsp3) is 0.222. The fourth-order valence-electron chi connectivity index (χ4n) is 2.23. The molecule has 1 amide bonds. The Kier molecular flexibility index (Phi) is 4.13. The van der Waals surface area contributed by atoms with E-state index in [9.17, 15) is 4.79 Å². The molecule has 0 atom stereocenters. The van der Waals surface area contributed by atoms with Crippen LogP contribution in [0.5, 0.6) is 0 Å². The summed E-state index contributed by atoms with van der Waals surface area (Å²) in [6.07, 6.45) is 1.26. The van der Waals surface area contributed by atoms with E-state index in [1.807, 2.05) is 68.6 Å². The Hall–Kier alpha value is -2.27. The zero-order chi connectivity index (χ0) is 16.4. The number of rotatable bonds is 1. The fourth-order valence-corrected chi connectivity index (χ4v) is 3.11. The highest BCUT2D eigenvalue weighted by molar-refractivity contribution is 8.02. The van der Waals surface area contributed by atoms with Crippen molar-refractivity contribution in [3.8, 4) is 0 Å². The molecule has 0 aliphatic carbocycles. The zero-order valence-corrected chi connectivity index (χ0v) is 14.1. The van der Waals surface area contributed by atoms with Crippen molar-refractivity contribution in [3.63, 3.8) is 0 Å². The van der Waals surface area contributed by atoms with E-state index in [0.29, 0.717) is 5.82 Å². The van der Waals surface area contributed by atoms with Crippen molar-refractivity contribution >= 4 is 29.4 Å². The lowest BCUT2D eigenvalue weighted by molar-refractivity contribution is 0.0599. The van der Waals surface area contributed by atoms with Gasteiger partial charge >= 0.3 is 6.09 Å². The van der Waals surface area contributed by atoms with Gasteiger partial charge in [-0.1, -0.05) is 42.1 Å². The number of carbonyl (C=O) groups excluding carboxylic acids is 1. The third kappa shape index (κ3) is 3.40. The molecule has 118 valence electrons. The van der Waals surface area contributed by atoms with Crippen LogP contribution < -0.4 is 4.90 Å². The van der Waals surface area contributed by atoms with Crippen LogP contribution in [0.2, 0.25) is 0 Å². The highest BCUT2D eigenvalue weighted by Gasteiger charge is 2.31. The van der Waals surface area contributed by atoms with E-state index in [4.69, 9.17) is 4.74 Å². The highest BCUT2D eigenvalue weighted by atomic mass is 32.2. The number of thioether (sulfide) groups is 1. The standard InChI is InChI=1S/C18H18N2O2S/c1-18(2,3)22-17(21)20-14(13-8-5-4-6-9-13)12-23-15-10-7-11-19-16(15)20/h4-12H,1-3H3. The van der Waals surface area contributed by atoms with Crippen LogP contribution in [0, 0.1) is 0 Å². The van der Waals surface area contributed by atoms with Crippen LogP contribution in [-0.2, 0) is 4.74 Å². The number of pyridine rings is 1. The summed E-state index contributed by atoms with van der Waals surface area (Å²) in [5.74, 6) is 0.605. The lowest BCUT2D eigenvalue weighted by Crippen LogP contribution is -2.37. The van der Waals surface area contributed by atoms with Gasteiger partial charge in [0.25, 0.3) is 0 Å². The first-order valence-corrected chi connectivity index (χ1v) is 8.24. The monoisotopic (exact) mass is 326 g/mol. The summed E-state index contributed by atoms with van der Waals surface area (Å²) >= 11 is 1.56. The van der Waals surface area contributed by atoms with Gasteiger partial charge in [0.1, 0.15) is 5.60 Å². The molecule has 3 rings (SSSR count). The van der Waals surface area contributed by atoms with E-state index in [1.54, 1.807) is 22.9 Å². The highest BCUT2D eigenvalue weighted by Crippen LogP contribution is 2.41. The molecule has 0 N–H and O–H groups in total. The van der Waals surface area contributed by atoms with Gasteiger partial charge in [-0.25, -0.2) is 14.7 Å². The number of fused-ring (bicyclic) bond motifs is 1. The van der Waals surface area contributed by atoms with E-state index < -0.39 is 11.7 Å². The zero-order valence-electron chi connectivity index (χ0n) is 13.3. The Morgan fingerprint density at radius 2 is 1.87 bits per heavy atom. The van der Waals surface area contributed by atoms with Gasteiger partial charge in [-0.2, -0.15) is 0 Å². The van der Waals surface area contributed by atoms with Crippen molar-refractivity contribution < 1.29 is 9.53 Å². The number of anilines is 1. The van der Waals surface area contributed by atoms with Gasteiger partial charge in [0.05, 0.1) is 10.6 Å². The number of ether oxygens (including phenoxy) is 1. The van der Waals surface area contributed by atoms with E-state index in [1.165, 1.54) is 0 Å². The second-order valence-electron chi connectivity index (χ2n) is 6.13. The second kappa shape index (κ2) is 6.08. The van der Waals surface area contributed by atoms with Gasteiger partial charge in [0, 0.05) is 11.6 Å². The van der Waals surface area contributed by atoms with Gasteiger partial charge in [-0.3, -0.25) is 0 Å². The Balaban J connectivity index is 2.05. The topological polar surface area (TPSA) is 42.4 Å². The molecule has 5 heteroatoms.